The van der Waals surface area contributed by atoms with E-state index in [1.807, 2.05) is 27.8 Å². The highest BCUT2D eigenvalue weighted by Gasteiger charge is 2.25. The molecule has 0 aliphatic carbocycles. The van der Waals surface area contributed by atoms with Crippen LogP contribution in [0.3, 0.4) is 0 Å². The molecule has 3 aromatic rings. The summed E-state index contributed by atoms with van der Waals surface area (Å²) in [6.45, 7) is 4.79. The third-order valence-electron chi connectivity index (χ3n) is 4.01. The normalized spacial score (nSPS) is 15.3. The number of thiazole rings is 1. The number of hydrogen-bond acceptors (Lipinski definition) is 6. The summed E-state index contributed by atoms with van der Waals surface area (Å²) in [6.07, 6.45) is 5.30. The quantitative estimate of drug-likeness (QED) is 0.712. The summed E-state index contributed by atoms with van der Waals surface area (Å²) in [5.74, 6) is 0.714. The highest BCUT2D eigenvalue weighted by molar-refractivity contribution is 7.15. The minimum Gasteiger partial charge on any atom is -0.337 e. The number of hydrogen-bond donors (Lipinski definition) is 0. The zero-order valence-corrected chi connectivity index (χ0v) is 13.5. The lowest BCUT2D eigenvalue weighted by Crippen LogP contribution is -2.49. The summed E-state index contributed by atoms with van der Waals surface area (Å²) in [5.41, 5.74) is 1.62. The molecule has 1 aliphatic rings. The summed E-state index contributed by atoms with van der Waals surface area (Å²) in [4.78, 5) is 30.4. The topological polar surface area (TPSA) is 66.6 Å². The Bertz CT molecular complexity index is 834. The summed E-state index contributed by atoms with van der Waals surface area (Å²) >= 11 is 1.55. The first-order chi connectivity index (χ1) is 11.2. The van der Waals surface area contributed by atoms with Gasteiger partial charge in [0.25, 0.3) is 5.91 Å². The molecule has 1 aliphatic heterocycles. The van der Waals surface area contributed by atoms with Crippen molar-refractivity contribution in [1.82, 2.24) is 24.3 Å². The van der Waals surface area contributed by atoms with Crippen LogP contribution >= 0.6 is 11.3 Å². The molecule has 118 valence electrons. The number of carbonyl (C=O) groups is 1. The molecule has 4 heterocycles. The number of imidazole rings is 1. The number of amides is 1. The van der Waals surface area contributed by atoms with Gasteiger partial charge in [-0.3, -0.25) is 9.20 Å². The molecule has 0 N–H and O–H groups in total. The van der Waals surface area contributed by atoms with Crippen molar-refractivity contribution in [3.05, 3.63) is 41.4 Å². The first-order valence-electron chi connectivity index (χ1n) is 7.47. The smallest absolute Gasteiger partial charge is 0.274 e. The molecular weight excluding hydrogens is 312 g/mol. The molecular formula is C15H16N6OS. The third-order valence-corrected chi connectivity index (χ3v) is 4.97. The number of fused-ring (bicyclic) bond motifs is 1. The van der Waals surface area contributed by atoms with Gasteiger partial charge >= 0.3 is 0 Å². The van der Waals surface area contributed by atoms with Crippen LogP contribution in [0.4, 0.5) is 5.95 Å². The van der Waals surface area contributed by atoms with Crippen LogP contribution < -0.4 is 4.90 Å². The van der Waals surface area contributed by atoms with Crippen molar-refractivity contribution in [3.8, 4) is 0 Å². The molecule has 7 nitrogen and oxygen atoms in total. The minimum absolute atomic E-state index is 0.00562. The van der Waals surface area contributed by atoms with E-state index in [4.69, 9.17) is 0 Å². The van der Waals surface area contributed by atoms with Gasteiger partial charge in [-0.2, -0.15) is 0 Å². The zero-order chi connectivity index (χ0) is 15.8. The Labute approximate surface area is 137 Å². The molecule has 0 radical (unpaired) electrons. The van der Waals surface area contributed by atoms with Crippen molar-refractivity contribution in [1.29, 1.82) is 0 Å². The minimum atomic E-state index is -0.00562. The summed E-state index contributed by atoms with van der Waals surface area (Å²) in [7, 11) is 0. The summed E-state index contributed by atoms with van der Waals surface area (Å²) < 4.78 is 1.96. The standard InChI is InChI=1S/C15H16N6OS/c1-11-10-23-15-18-12(9-21(11)15)13(22)19-5-7-20(8-6-19)14-16-3-2-4-17-14/h2-4,9-10H,5-8H2,1H3. The van der Waals surface area contributed by atoms with Gasteiger partial charge in [0, 0.05) is 55.8 Å². The molecule has 0 unspecified atom stereocenters. The van der Waals surface area contributed by atoms with Crippen LogP contribution in [-0.4, -0.2) is 56.3 Å². The number of nitrogens with zero attached hydrogens (tertiary/aromatic N) is 6. The van der Waals surface area contributed by atoms with E-state index in [9.17, 15) is 4.79 Å². The van der Waals surface area contributed by atoms with Crippen LogP contribution in [0.2, 0.25) is 0 Å². The van der Waals surface area contributed by atoms with E-state index in [0.717, 1.165) is 29.7 Å². The monoisotopic (exact) mass is 328 g/mol. The van der Waals surface area contributed by atoms with Gasteiger partial charge in [-0.25, -0.2) is 15.0 Å². The van der Waals surface area contributed by atoms with Crippen LogP contribution in [-0.2, 0) is 0 Å². The van der Waals surface area contributed by atoms with Crippen LogP contribution in [0.1, 0.15) is 16.2 Å². The van der Waals surface area contributed by atoms with Crippen molar-refractivity contribution >= 4 is 28.2 Å². The van der Waals surface area contributed by atoms with Crippen LogP contribution in [0.15, 0.2) is 30.0 Å². The first-order valence-corrected chi connectivity index (χ1v) is 8.35. The van der Waals surface area contributed by atoms with E-state index in [-0.39, 0.29) is 5.91 Å². The Morgan fingerprint density at radius 1 is 1.17 bits per heavy atom. The largest absolute Gasteiger partial charge is 0.337 e. The molecule has 0 spiro atoms. The van der Waals surface area contributed by atoms with Crippen LogP contribution in [0.25, 0.3) is 4.96 Å². The van der Waals surface area contributed by atoms with Crippen LogP contribution in [0.5, 0.6) is 0 Å². The third kappa shape index (κ3) is 2.55. The number of carbonyl (C=O) groups excluding carboxylic acids is 1. The maximum absolute atomic E-state index is 12.6. The van der Waals surface area contributed by atoms with Gasteiger partial charge in [0.1, 0.15) is 5.69 Å². The average Bonchev–Trinajstić information content (AvgIpc) is 3.18. The molecule has 23 heavy (non-hydrogen) atoms. The Kier molecular flexibility index (Phi) is 3.45. The number of piperazine rings is 1. The van der Waals surface area contributed by atoms with Gasteiger partial charge in [-0.1, -0.05) is 0 Å². The lowest BCUT2D eigenvalue weighted by atomic mass is 10.3. The Hall–Kier alpha value is -2.48. The molecule has 1 amide bonds. The Morgan fingerprint density at radius 3 is 2.61 bits per heavy atom. The highest BCUT2D eigenvalue weighted by Crippen LogP contribution is 2.18. The second kappa shape index (κ2) is 5.62. The number of anilines is 1. The molecule has 1 saturated heterocycles. The van der Waals surface area contributed by atoms with Crippen LogP contribution in [0, 0.1) is 6.92 Å². The SMILES string of the molecule is Cc1csc2nc(C(=O)N3CCN(c4ncccn4)CC3)cn12. The van der Waals surface area contributed by atoms with Gasteiger partial charge in [-0.05, 0) is 13.0 Å². The Morgan fingerprint density at radius 2 is 1.91 bits per heavy atom. The van der Waals surface area contributed by atoms with Crippen molar-refractivity contribution < 1.29 is 4.79 Å². The predicted octanol–water partition coefficient (Wildman–Crippen LogP) is 1.46. The van der Waals surface area contributed by atoms with E-state index in [1.165, 1.54) is 0 Å². The summed E-state index contributed by atoms with van der Waals surface area (Å²) in [6, 6.07) is 1.80. The van der Waals surface area contributed by atoms with E-state index >= 15 is 0 Å². The fourth-order valence-electron chi connectivity index (χ4n) is 2.72. The Balaban J connectivity index is 1.46. The van der Waals surface area contributed by atoms with Gasteiger partial charge in [-0.15, -0.1) is 11.3 Å². The molecule has 4 rings (SSSR count). The molecule has 8 heteroatoms. The van der Waals surface area contributed by atoms with Crippen molar-refractivity contribution in [2.45, 2.75) is 6.92 Å². The first kappa shape index (κ1) is 14.1. The van der Waals surface area contributed by atoms with Crippen molar-refractivity contribution in [2.75, 3.05) is 31.1 Å². The highest BCUT2D eigenvalue weighted by atomic mass is 32.1. The van der Waals surface area contributed by atoms with Gasteiger partial charge in [0.05, 0.1) is 0 Å². The molecule has 3 aromatic heterocycles. The second-order valence-electron chi connectivity index (χ2n) is 5.48. The molecule has 0 saturated carbocycles. The van der Waals surface area contributed by atoms with Gasteiger partial charge < -0.3 is 9.80 Å². The van der Waals surface area contributed by atoms with Gasteiger partial charge in [0.2, 0.25) is 5.95 Å². The zero-order valence-electron chi connectivity index (χ0n) is 12.7. The molecule has 0 atom stereocenters. The maximum atomic E-state index is 12.6. The fourth-order valence-corrected chi connectivity index (χ4v) is 3.57. The second-order valence-corrected chi connectivity index (χ2v) is 6.32. The lowest BCUT2D eigenvalue weighted by Gasteiger charge is -2.34. The van der Waals surface area contributed by atoms with E-state index in [2.05, 4.69) is 19.9 Å². The van der Waals surface area contributed by atoms with E-state index < -0.39 is 0 Å². The maximum Gasteiger partial charge on any atom is 0.274 e. The van der Waals surface area contributed by atoms with Crippen molar-refractivity contribution in [2.24, 2.45) is 0 Å². The predicted molar refractivity (Wildman–Crippen MR) is 88.0 cm³/mol. The molecule has 1 fully saturated rings. The number of aromatic nitrogens is 4. The number of aryl methyl sites for hydroxylation is 1. The molecule has 0 aromatic carbocycles. The lowest BCUT2D eigenvalue weighted by molar-refractivity contribution is 0.0741. The fraction of sp³-hybridized carbons (Fsp3) is 0.333. The van der Waals surface area contributed by atoms with E-state index in [1.54, 1.807) is 29.8 Å². The summed E-state index contributed by atoms with van der Waals surface area (Å²) in [5, 5.41) is 2.04. The van der Waals surface area contributed by atoms with Crippen molar-refractivity contribution in [3.63, 3.8) is 0 Å². The van der Waals surface area contributed by atoms with E-state index in [0.29, 0.717) is 18.8 Å². The average molecular weight is 328 g/mol. The number of rotatable bonds is 2. The molecule has 0 bridgehead atoms. The van der Waals surface area contributed by atoms with Gasteiger partial charge in [0.15, 0.2) is 4.96 Å².